The molecule has 4 heteroatoms. The highest BCUT2D eigenvalue weighted by atomic mass is 19.1. The van der Waals surface area contributed by atoms with Crippen molar-refractivity contribution in [2.45, 2.75) is 13.5 Å². The van der Waals surface area contributed by atoms with Crippen LogP contribution in [0.3, 0.4) is 0 Å². The largest absolute Gasteiger partial charge is 0.277 e. The second kappa shape index (κ2) is 3.73. The summed E-state index contributed by atoms with van der Waals surface area (Å²) in [4.78, 5) is 11.7. The summed E-state index contributed by atoms with van der Waals surface area (Å²) in [6.45, 7) is 2.22. The van der Waals surface area contributed by atoms with E-state index in [1.54, 1.807) is 31.2 Å². The predicted molar refractivity (Wildman–Crippen MR) is 56.1 cm³/mol. The van der Waals surface area contributed by atoms with E-state index in [0.29, 0.717) is 12.1 Å². The highest BCUT2D eigenvalue weighted by Crippen LogP contribution is 2.16. The first-order valence-corrected chi connectivity index (χ1v) is 4.77. The molecule has 0 amide bonds. The van der Waals surface area contributed by atoms with E-state index in [2.05, 4.69) is 5.10 Å². The van der Waals surface area contributed by atoms with Crippen LogP contribution in [0, 0.1) is 5.95 Å². The van der Waals surface area contributed by atoms with Gasteiger partial charge in [0.05, 0.1) is 0 Å². The van der Waals surface area contributed by atoms with Gasteiger partial charge in [-0.05, 0) is 12.5 Å². The van der Waals surface area contributed by atoms with Crippen LogP contribution in [-0.4, -0.2) is 9.78 Å². The minimum Gasteiger partial charge on any atom is -0.270 e. The molecule has 1 aromatic heterocycles. The zero-order valence-electron chi connectivity index (χ0n) is 8.33. The van der Waals surface area contributed by atoms with Crippen LogP contribution in [0.1, 0.15) is 6.92 Å². The molecule has 0 spiro atoms. The molecule has 0 saturated heterocycles. The van der Waals surface area contributed by atoms with Crippen LogP contribution in [0.2, 0.25) is 0 Å². The van der Waals surface area contributed by atoms with Gasteiger partial charge in [0.2, 0.25) is 5.95 Å². The lowest BCUT2D eigenvalue weighted by Gasteiger charge is -1.94. The maximum absolute atomic E-state index is 13.5. The topological polar surface area (TPSA) is 37.8 Å². The third kappa shape index (κ3) is 1.58. The van der Waals surface area contributed by atoms with Gasteiger partial charge in [0.1, 0.15) is 5.56 Å². The molecular weight excluding hydrogens is 195 g/mol. The molecule has 0 aliphatic carbocycles. The number of nitrogens with zero attached hydrogens (tertiary/aromatic N) is 1. The SMILES string of the molecule is CCn1[nH]c(F)c(-c2ccccc2)c1=O. The zero-order valence-corrected chi connectivity index (χ0v) is 8.33. The molecule has 1 aromatic carbocycles. The lowest BCUT2D eigenvalue weighted by atomic mass is 10.1. The highest BCUT2D eigenvalue weighted by Gasteiger charge is 2.14. The van der Waals surface area contributed by atoms with Crippen LogP contribution >= 0.6 is 0 Å². The molecule has 3 nitrogen and oxygen atoms in total. The van der Waals surface area contributed by atoms with Crippen molar-refractivity contribution in [2.75, 3.05) is 0 Å². The standard InChI is InChI=1S/C11H11FN2O/c1-2-14-11(15)9(10(12)13-14)8-6-4-3-5-7-8/h3-7,13H,2H2,1H3. The van der Waals surface area contributed by atoms with Crippen molar-refractivity contribution in [3.05, 3.63) is 46.6 Å². The molecule has 0 radical (unpaired) electrons. The van der Waals surface area contributed by atoms with Gasteiger partial charge in [0.15, 0.2) is 0 Å². The summed E-state index contributed by atoms with van der Waals surface area (Å²) in [5.74, 6) is -0.576. The van der Waals surface area contributed by atoms with Crippen LogP contribution in [0.15, 0.2) is 35.1 Å². The molecule has 2 rings (SSSR count). The van der Waals surface area contributed by atoms with Crippen LogP contribution < -0.4 is 5.56 Å². The van der Waals surface area contributed by atoms with Gasteiger partial charge in [-0.15, -0.1) is 0 Å². The van der Waals surface area contributed by atoms with Gasteiger partial charge in [-0.25, -0.2) is 0 Å². The third-order valence-electron chi connectivity index (χ3n) is 2.29. The van der Waals surface area contributed by atoms with E-state index in [4.69, 9.17) is 0 Å². The summed E-state index contributed by atoms with van der Waals surface area (Å²) in [5, 5.41) is 2.40. The van der Waals surface area contributed by atoms with E-state index in [1.807, 2.05) is 6.07 Å². The van der Waals surface area contributed by atoms with Crippen molar-refractivity contribution in [3.8, 4) is 11.1 Å². The van der Waals surface area contributed by atoms with Crippen LogP contribution in [0.25, 0.3) is 11.1 Å². The van der Waals surface area contributed by atoms with Crippen molar-refractivity contribution < 1.29 is 4.39 Å². The summed E-state index contributed by atoms with van der Waals surface area (Å²) < 4.78 is 14.7. The van der Waals surface area contributed by atoms with Crippen molar-refractivity contribution in [3.63, 3.8) is 0 Å². The highest BCUT2D eigenvalue weighted by molar-refractivity contribution is 5.61. The minimum absolute atomic E-state index is 0.109. The van der Waals surface area contributed by atoms with E-state index in [1.165, 1.54) is 4.68 Å². The molecule has 1 heterocycles. The molecule has 0 saturated carbocycles. The van der Waals surface area contributed by atoms with Gasteiger partial charge in [-0.1, -0.05) is 30.3 Å². The van der Waals surface area contributed by atoms with Crippen molar-refractivity contribution >= 4 is 0 Å². The summed E-state index contributed by atoms with van der Waals surface area (Å²) in [6.07, 6.45) is 0. The Kier molecular flexibility index (Phi) is 2.41. The van der Waals surface area contributed by atoms with Gasteiger partial charge in [-0.2, -0.15) is 4.39 Å². The Labute approximate surface area is 86.2 Å². The van der Waals surface area contributed by atoms with Crippen LogP contribution in [0.5, 0.6) is 0 Å². The molecule has 0 fully saturated rings. The van der Waals surface area contributed by atoms with E-state index >= 15 is 0 Å². The number of halogens is 1. The maximum atomic E-state index is 13.5. The lowest BCUT2D eigenvalue weighted by Crippen LogP contribution is -2.16. The Bertz CT molecular complexity index is 513. The zero-order chi connectivity index (χ0) is 10.8. The summed E-state index contributed by atoms with van der Waals surface area (Å²) in [5.41, 5.74) is 0.391. The molecule has 0 aliphatic heterocycles. The quantitative estimate of drug-likeness (QED) is 0.801. The third-order valence-corrected chi connectivity index (χ3v) is 2.29. The van der Waals surface area contributed by atoms with Gasteiger partial charge in [0.25, 0.3) is 5.56 Å². The molecule has 0 aliphatic rings. The number of H-pyrrole nitrogens is 1. The summed E-state index contributed by atoms with van der Waals surface area (Å²) in [6, 6.07) is 8.81. The summed E-state index contributed by atoms with van der Waals surface area (Å²) in [7, 11) is 0. The first kappa shape index (κ1) is 9.71. The van der Waals surface area contributed by atoms with Crippen LogP contribution in [0.4, 0.5) is 4.39 Å². The number of benzene rings is 1. The summed E-state index contributed by atoms with van der Waals surface area (Å²) >= 11 is 0. The fraction of sp³-hybridized carbons (Fsp3) is 0.182. The van der Waals surface area contributed by atoms with Gasteiger partial charge in [-0.3, -0.25) is 14.6 Å². The monoisotopic (exact) mass is 206 g/mol. The first-order chi connectivity index (χ1) is 7.24. The normalized spacial score (nSPS) is 10.5. The number of aryl methyl sites for hydroxylation is 1. The number of aromatic nitrogens is 2. The average Bonchev–Trinajstić information content (AvgIpc) is 2.55. The van der Waals surface area contributed by atoms with Crippen molar-refractivity contribution in [2.24, 2.45) is 0 Å². The Balaban J connectivity index is 2.64. The second-order valence-corrected chi connectivity index (χ2v) is 3.22. The number of hydrogen-bond donors (Lipinski definition) is 1. The van der Waals surface area contributed by atoms with Crippen molar-refractivity contribution in [1.82, 2.24) is 9.78 Å². The average molecular weight is 206 g/mol. The van der Waals surface area contributed by atoms with E-state index in [9.17, 15) is 9.18 Å². The maximum Gasteiger partial charge on any atom is 0.277 e. The number of hydrogen-bond acceptors (Lipinski definition) is 1. The fourth-order valence-corrected chi connectivity index (χ4v) is 1.53. The molecule has 0 unspecified atom stereocenters. The number of nitrogens with one attached hydrogen (secondary N) is 1. The lowest BCUT2D eigenvalue weighted by molar-refractivity contribution is 0.531. The van der Waals surface area contributed by atoms with Gasteiger partial charge < -0.3 is 0 Å². The van der Waals surface area contributed by atoms with Gasteiger partial charge in [0, 0.05) is 6.54 Å². The van der Waals surface area contributed by atoms with E-state index in [0.717, 1.165) is 0 Å². The van der Waals surface area contributed by atoms with Crippen molar-refractivity contribution in [1.29, 1.82) is 0 Å². The number of rotatable bonds is 2. The number of aromatic amines is 1. The second-order valence-electron chi connectivity index (χ2n) is 3.22. The smallest absolute Gasteiger partial charge is 0.270 e. The molecule has 0 atom stereocenters. The first-order valence-electron chi connectivity index (χ1n) is 4.77. The van der Waals surface area contributed by atoms with Gasteiger partial charge >= 0.3 is 0 Å². The Hall–Kier alpha value is -1.84. The fourth-order valence-electron chi connectivity index (χ4n) is 1.53. The molecule has 15 heavy (non-hydrogen) atoms. The Morgan fingerprint density at radius 2 is 2.00 bits per heavy atom. The predicted octanol–water partition coefficient (Wildman–Crippen LogP) is 2.00. The Morgan fingerprint density at radius 1 is 1.33 bits per heavy atom. The molecule has 0 bridgehead atoms. The molecule has 1 N–H and O–H groups in total. The van der Waals surface area contributed by atoms with Crippen LogP contribution in [-0.2, 0) is 6.54 Å². The molecule has 2 aromatic rings. The molecule has 78 valence electrons. The van der Waals surface area contributed by atoms with E-state index in [-0.39, 0.29) is 11.1 Å². The Morgan fingerprint density at radius 3 is 2.53 bits per heavy atom. The van der Waals surface area contributed by atoms with E-state index < -0.39 is 5.95 Å². The minimum atomic E-state index is -0.576. The molecular formula is C11H11FN2O.